The van der Waals surface area contributed by atoms with Crippen molar-refractivity contribution < 1.29 is 19.1 Å². The van der Waals surface area contributed by atoms with Crippen molar-refractivity contribution in [2.45, 2.75) is 33.1 Å². The highest BCUT2D eigenvalue weighted by Crippen LogP contribution is 2.39. The van der Waals surface area contributed by atoms with Crippen molar-refractivity contribution in [1.29, 1.82) is 0 Å². The van der Waals surface area contributed by atoms with Gasteiger partial charge in [0, 0.05) is 4.88 Å². The first kappa shape index (κ1) is 17.5. The molecule has 0 radical (unpaired) electrons. The summed E-state index contributed by atoms with van der Waals surface area (Å²) in [5, 5.41) is 3.39. The Labute approximate surface area is 151 Å². The number of nitrogens with one attached hydrogen (secondary N) is 1. The molecule has 1 aliphatic carbocycles. The van der Waals surface area contributed by atoms with E-state index < -0.39 is 0 Å². The van der Waals surface area contributed by atoms with Crippen LogP contribution in [-0.4, -0.2) is 25.1 Å². The van der Waals surface area contributed by atoms with Crippen molar-refractivity contribution in [3.8, 4) is 5.75 Å². The van der Waals surface area contributed by atoms with Crippen LogP contribution in [0.5, 0.6) is 5.75 Å². The second kappa shape index (κ2) is 7.70. The topological polar surface area (TPSA) is 64.6 Å². The van der Waals surface area contributed by atoms with E-state index in [1.807, 2.05) is 31.2 Å². The van der Waals surface area contributed by atoms with E-state index in [1.54, 1.807) is 6.92 Å². The maximum absolute atomic E-state index is 12.3. The molecule has 0 spiro atoms. The number of rotatable bonds is 6. The average Bonchev–Trinajstić information content (AvgIpc) is 3.14. The molecule has 132 valence electrons. The quantitative estimate of drug-likeness (QED) is 0.798. The molecule has 3 rings (SSSR count). The van der Waals surface area contributed by atoms with Crippen LogP contribution in [0.15, 0.2) is 24.3 Å². The zero-order valence-corrected chi connectivity index (χ0v) is 15.2. The largest absolute Gasteiger partial charge is 0.483 e. The van der Waals surface area contributed by atoms with Crippen LogP contribution in [0.3, 0.4) is 0 Å². The molecule has 0 aliphatic heterocycles. The molecule has 0 unspecified atom stereocenters. The normalized spacial score (nSPS) is 12.6. The summed E-state index contributed by atoms with van der Waals surface area (Å²) in [7, 11) is 0. The van der Waals surface area contributed by atoms with Crippen LogP contribution in [0.4, 0.5) is 5.00 Å². The van der Waals surface area contributed by atoms with Crippen LogP contribution in [0.25, 0.3) is 0 Å². The van der Waals surface area contributed by atoms with Crippen LogP contribution in [0, 0.1) is 6.92 Å². The number of benzene rings is 1. The first-order valence-electron chi connectivity index (χ1n) is 8.40. The molecule has 6 heteroatoms. The molecular weight excluding hydrogens is 338 g/mol. The van der Waals surface area contributed by atoms with Crippen molar-refractivity contribution in [3.63, 3.8) is 0 Å². The van der Waals surface area contributed by atoms with Crippen molar-refractivity contribution in [1.82, 2.24) is 0 Å². The summed E-state index contributed by atoms with van der Waals surface area (Å²) in [6.45, 7) is 3.91. The summed E-state index contributed by atoms with van der Waals surface area (Å²) in [4.78, 5) is 25.7. The molecular formula is C19H21NO4S. The van der Waals surface area contributed by atoms with Crippen LogP contribution < -0.4 is 10.1 Å². The van der Waals surface area contributed by atoms with Gasteiger partial charge in [0.15, 0.2) is 6.61 Å². The molecule has 5 nitrogen and oxygen atoms in total. The van der Waals surface area contributed by atoms with Gasteiger partial charge in [-0.1, -0.05) is 18.2 Å². The van der Waals surface area contributed by atoms with Crippen LogP contribution >= 0.6 is 11.3 Å². The summed E-state index contributed by atoms with van der Waals surface area (Å²) in [5.41, 5.74) is 2.51. The van der Waals surface area contributed by atoms with Gasteiger partial charge in [0.25, 0.3) is 5.91 Å². The number of hydrogen-bond acceptors (Lipinski definition) is 5. The first-order chi connectivity index (χ1) is 12.1. The van der Waals surface area contributed by atoms with Gasteiger partial charge in [0.2, 0.25) is 0 Å². The Hall–Kier alpha value is -2.34. The lowest BCUT2D eigenvalue weighted by Gasteiger charge is -2.10. The zero-order chi connectivity index (χ0) is 17.8. The number of carbonyl (C=O) groups is 2. The van der Waals surface area contributed by atoms with E-state index in [0.717, 1.165) is 35.3 Å². The third-order valence-corrected chi connectivity index (χ3v) is 5.31. The smallest absolute Gasteiger partial charge is 0.341 e. The fourth-order valence-electron chi connectivity index (χ4n) is 2.94. The Kier molecular flexibility index (Phi) is 5.38. The number of aryl methyl sites for hydroxylation is 2. The van der Waals surface area contributed by atoms with E-state index in [9.17, 15) is 9.59 Å². The Morgan fingerprint density at radius 1 is 1.24 bits per heavy atom. The standard InChI is InChI=1S/C19H21NO4S/c1-3-23-19(22)17-13-8-6-10-15(13)25-18(17)20-16(21)11-24-14-9-5-4-7-12(14)2/h4-5,7,9H,3,6,8,10-11H2,1-2H3,(H,20,21). The average molecular weight is 359 g/mol. The van der Waals surface area contributed by atoms with Crippen molar-refractivity contribution in [2.24, 2.45) is 0 Å². The minimum Gasteiger partial charge on any atom is -0.483 e. The lowest BCUT2D eigenvalue weighted by Crippen LogP contribution is -2.21. The van der Waals surface area contributed by atoms with Gasteiger partial charge in [-0.25, -0.2) is 4.79 Å². The van der Waals surface area contributed by atoms with Crippen LogP contribution in [-0.2, 0) is 22.4 Å². The SMILES string of the molecule is CCOC(=O)c1c(NC(=O)COc2ccccc2C)sc2c1CCC2. The number of fused-ring (bicyclic) bond motifs is 1. The Morgan fingerprint density at radius 2 is 2.04 bits per heavy atom. The molecule has 0 fully saturated rings. The third-order valence-electron chi connectivity index (χ3n) is 4.11. The predicted octanol–water partition coefficient (Wildman–Crippen LogP) is 3.74. The van der Waals surface area contributed by atoms with Crippen LogP contribution in [0.1, 0.15) is 39.7 Å². The van der Waals surface area contributed by atoms with E-state index in [4.69, 9.17) is 9.47 Å². The second-order valence-corrected chi connectivity index (χ2v) is 6.99. The van der Waals surface area contributed by atoms with E-state index in [1.165, 1.54) is 11.3 Å². The van der Waals surface area contributed by atoms with Crippen molar-refractivity contribution in [3.05, 3.63) is 45.8 Å². The maximum atomic E-state index is 12.3. The number of hydrogen-bond donors (Lipinski definition) is 1. The highest BCUT2D eigenvalue weighted by Gasteiger charge is 2.28. The van der Waals surface area contributed by atoms with Crippen LogP contribution in [0.2, 0.25) is 0 Å². The molecule has 0 bridgehead atoms. The summed E-state index contributed by atoms with van der Waals surface area (Å²) < 4.78 is 10.7. The molecule has 1 amide bonds. The molecule has 1 aromatic carbocycles. The molecule has 1 aromatic heterocycles. The van der Waals surface area contributed by atoms with Gasteiger partial charge >= 0.3 is 5.97 Å². The number of para-hydroxylation sites is 1. The van der Waals surface area contributed by atoms with E-state index in [0.29, 0.717) is 22.9 Å². The second-order valence-electron chi connectivity index (χ2n) is 5.88. The number of ether oxygens (including phenoxy) is 2. The van der Waals surface area contributed by atoms with Gasteiger partial charge in [-0.3, -0.25) is 4.79 Å². The third kappa shape index (κ3) is 3.85. The zero-order valence-electron chi connectivity index (χ0n) is 14.4. The molecule has 1 heterocycles. The van der Waals surface area contributed by atoms with E-state index in [-0.39, 0.29) is 18.5 Å². The maximum Gasteiger partial charge on any atom is 0.341 e. The van der Waals surface area contributed by atoms with Gasteiger partial charge in [0.05, 0.1) is 12.2 Å². The summed E-state index contributed by atoms with van der Waals surface area (Å²) in [5.74, 6) is 0.0303. The number of thiophene rings is 1. The van der Waals surface area contributed by atoms with Crippen molar-refractivity contribution in [2.75, 3.05) is 18.5 Å². The minimum atomic E-state index is -0.364. The number of carbonyl (C=O) groups excluding carboxylic acids is 2. The van der Waals surface area contributed by atoms with Gasteiger partial charge in [0.1, 0.15) is 10.8 Å². The fraction of sp³-hybridized carbons (Fsp3) is 0.368. The van der Waals surface area contributed by atoms with Gasteiger partial charge < -0.3 is 14.8 Å². The molecule has 0 atom stereocenters. The number of esters is 1. The first-order valence-corrected chi connectivity index (χ1v) is 9.21. The summed E-state index contributed by atoms with van der Waals surface area (Å²) >= 11 is 1.47. The highest BCUT2D eigenvalue weighted by atomic mass is 32.1. The van der Waals surface area contributed by atoms with Gasteiger partial charge in [-0.05, 0) is 50.3 Å². The molecule has 1 aliphatic rings. The highest BCUT2D eigenvalue weighted by molar-refractivity contribution is 7.17. The summed E-state index contributed by atoms with van der Waals surface area (Å²) in [6, 6.07) is 7.53. The number of anilines is 1. The van der Waals surface area contributed by atoms with Gasteiger partial charge in [-0.2, -0.15) is 0 Å². The van der Waals surface area contributed by atoms with E-state index >= 15 is 0 Å². The lowest BCUT2D eigenvalue weighted by atomic mass is 10.1. The Morgan fingerprint density at radius 3 is 2.80 bits per heavy atom. The fourth-order valence-corrected chi connectivity index (χ4v) is 4.23. The van der Waals surface area contributed by atoms with Crippen molar-refractivity contribution >= 4 is 28.2 Å². The minimum absolute atomic E-state index is 0.102. The number of amides is 1. The van der Waals surface area contributed by atoms with Gasteiger partial charge in [-0.15, -0.1) is 11.3 Å². The molecule has 0 saturated carbocycles. The molecule has 2 aromatic rings. The predicted molar refractivity (Wildman–Crippen MR) is 97.6 cm³/mol. The lowest BCUT2D eigenvalue weighted by molar-refractivity contribution is -0.118. The summed E-state index contributed by atoms with van der Waals surface area (Å²) in [6.07, 6.45) is 2.84. The Balaban J connectivity index is 1.71. The van der Waals surface area contributed by atoms with E-state index in [2.05, 4.69) is 5.32 Å². The molecule has 0 saturated heterocycles. The molecule has 25 heavy (non-hydrogen) atoms. The monoisotopic (exact) mass is 359 g/mol. The Bertz CT molecular complexity index is 797. The molecule has 1 N–H and O–H groups in total.